The van der Waals surface area contributed by atoms with Crippen LogP contribution in [0.4, 0.5) is 11.5 Å². The van der Waals surface area contributed by atoms with Crippen LogP contribution >= 0.6 is 0 Å². The van der Waals surface area contributed by atoms with Crippen LogP contribution in [0.25, 0.3) is 11.4 Å². The van der Waals surface area contributed by atoms with Crippen LogP contribution in [-0.2, 0) is 0 Å². The molecule has 5 nitrogen and oxygen atoms in total. The van der Waals surface area contributed by atoms with Crippen LogP contribution in [-0.4, -0.2) is 21.0 Å². The average molecular weight is 291 g/mol. The lowest BCUT2D eigenvalue weighted by Crippen LogP contribution is -2.07. The van der Waals surface area contributed by atoms with Crippen LogP contribution < -0.4 is 5.32 Å². The number of nitrogens with zero attached hydrogens (tertiary/aromatic N) is 2. The van der Waals surface area contributed by atoms with Gasteiger partial charge in [0.1, 0.15) is 11.4 Å². The molecule has 0 spiro atoms. The molecule has 3 aromatic rings. The fourth-order valence-corrected chi connectivity index (χ4v) is 2.02. The van der Waals surface area contributed by atoms with Crippen LogP contribution in [0.3, 0.4) is 0 Å². The Labute approximate surface area is 127 Å². The average Bonchev–Trinajstić information content (AvgIpc) is 2.56. The first-order valence-electron chi connectivity index (χ1n) is 6.72. The first-order valence-corrected chi connectivity index (χ1v) is 6.72. The summed E-state index contributed by atoms with van der Waals surface area (Å²) in [6.45, 7) is 0. The van der Waals surface area contributed by atoms with Gasteiger partial charge in [-0.05, 0) is 12.1 Å². The van der Waals surface area contributed by atoms with Crippen molar-refractivity contribution < 1.29 is 9.90 Å². The highest BCUT2D eigenvalue weighted by Gasteiger charge is 2.14. The van der Waals surface area contributed by atoms with Crippen LogP contribution in [0.5, 0.6) is 0 Å². The molecule has 108 valence electrons. The van der Waals surface area contributed by atoms with Crippen molar-refractivity contribution >= 4 is 17.5 Å². The van der Waals surface area contributed by atoms with Crippen molar-refractivity contribution in [2.45, 2.75) is 0 Å². The van der Waals surface area contributed by atoms with Gasteiger partial charge < -0.3 is 10.4 Å². The minimum Gasteiger partial charge on any atom is -0.477 e. The zero-order valence-electron chi connectivity index (χ0n) is 11.6. The van der Waals surface area contributed by atoms with E-state index >= 15 is 0 Å². The Morgan fingerprint density at radius 2 is 1.59 bits per heavy atom. The molecule has 3 rings (SSSR count). The molecule has 22 heavy (non-hydrogen) atoms. The van der Waals surface area contributed by atoms with Crippen molar-refractivity contribution in [3.8, 4) is 11.4 Å². The van der Waals surface area contributed by atoms with Gasteiger partial charge in [-0.2, -0.15) is 0 Å². The van der Waals surface area contributed by atoms with E-state index in [-0.39, 0.29) is 11.4 Å². The molecule has 0 unspecified atom stereocenters. The Morgan fingerprint density at radius 1 is 0.955 bits per heavy atom. The van der Waals surface area contributed by atoms with Gasteiger partial charge in [0.25, 0.3) is 0 Å². The summed E-state index contributed by atoms with van der Waals surface area (Å²) in [7, 11) is 0. The molecule has 0 saturated heterocycles. The maximum absolute atomic E-state index is 11.3. The zero-order chi connectivity index (χ0) is 15.4. The predicted molar refractivity (Wildman–Crippen MR) is 84.2 cm³/mol. The van der Waals surface area contributed by atoms with Gasteiger partial charge in [0.05, 0.1) is 0 Å². The van der Waals surface area contributed by atoms with Crippen molar-refractivity contribution in [1.82, 2.24) is 9.97 Å². The number of aromatic carboxylic acids is 1. The van der Waals surface area contributed by atoms with E-state index in [2.05, 4.69) is 15.3 Å². The number of carboxylic acids is 1. The second-order valence-electron chi connectivity index (χ2n) is 4.62. The third kappa shape index (κ3) is 2.93. The van der Waals surface area contributed by atoms with Gasteiger partial charge >= 0.3 is 5.97 Å². The molecule has 2 N–H and O–H groups in total. The van der Waals surface area contributed by atoms with E-state index in [1.807, 2.05) is 60.7 Å². The lowest BCUT2D eigenvalue weighted by atomic mass is 10.2. The summed E-state index contributed by atoms with van der Waals surface area (Å²) in [5.74, 6) is -0.324. The Kier molecular flexibility index (Phi) is 3.78. The quantitative estimate of drug-likeness (QED) is 0.768. The van der Waals surface area contributed by atoms with Crippen molar-refractivity contribution in [1.29, 1.82) is 0 Å². The van der Waals surface area contributed by atoms with E-state index in [0.29, 0.717) is 5.82 Å². The summed E-state index contributed by atoms with van der Waals surface area (Å²) < 4.78 is 0. The highest BCUT2D eigenvalue weighted by molar-refractivity contribution is 5.94. The Morgan fingerprint density at radius 3 is 2.23 bits per heavy atom. The smallest absolute Gasteiger partial charge is 0.341 e. The molecule has 0 amide bonds. The molecule has 0 atom stereocenters. The number of hydrogen-bond donors (Lipinski definition) is 2. The van der Waals surface area contributed by atoms with E-state index in [0.717, 1.165) is 11.3 Å². The SMILES string of the molecule is O=C(O)c1cnc(-c2ccccc2)nc1Nc1ccccc1. The Hall–Kier alpha value is -3.21. The predicted octanol–water partition coefficient (Wildman–Crippen LogP) is 3.59. The first kappa shape index (κ1) is 13.8. The van der Waals surface area contributed by atoms with Crippen LogP contribution in [0.2, 0.25) is 0 Å². The number of aromatic nitrogens is 2. The Bertz CT molecular complexity index is 790. The second-order valence-corrected chi connectivity index (χ2v) is 4.62. The maximum atomic E-state index is 11.3. The molecule has 0 radical (unpaired) electrons. The molecule has 1 heterocycles. The van der Waals surface area contributed by atoms with Gasteiger partial charge in [-0.3, -0.25) is 0 Å². The van der Waals surface area contributed by atoms with E-state index < -0.39 is 5.97 Å². The normalized spacial score (nSPS) is 10.2. The maximum Gasteiger partial charge on any atom is 0.341 e. The summed E-state index contributed by atoms with van der Waals surface area (Å²) in [6.07, 6.45) is 1.32. The molecular formula is C17H13N3O2. The summed E-state index contributed by atoms with van der Waals surface area (Å²) in [4.78, 5) is 19.8. The van der Waals surface area contributed by atoms with Gasteiger partial charge in [0, 0.05) is 17.4 Å². The fourth-order valence-electron chi connectivity index (χ4n) is 2.02. The topological polar surface area (TPSA) is 75.1 Å². The third-order valence-electron chi connectivity index (χ3n) is 3.09. The largest absolute Gasteiger partial charge is 0.477 e. The van der Waals surface area contributed by atoms with Gasteiger partial charge in [0.15, 0.2) is 5.82 Å². The number of hydrogen-bond acceptors (Lipinski definition) is 4. The van der Waals surface area contributed by atoms with Crippen LogP contribution in [0.1, 0.15) is 10.4 Å². The van der Waals surface area contributed by atoms with E-state index in [9.17, 15) is 9.90 Å². The number of carbonyl (C=O) groups is 1. The molecule has 0 bridgehead atoms. The number of rotatable bonds is 4. The summed E-state index contributed by atoms with van der Waals surface area (Å²) >= 11 is 0. The second kappa shape index (κ2) is 6.05. The van der Waals surface area contributed by atoms with E-state index in [1.54, 1.807) is 0 Å². The summed E-state index contributed by atoms with van der Waals surface area (Å²) in [5.41, 5.74) is 1.63. The Balaban J connectivity index is 2.03. The fraction of sp³-hybridized carbons (Fsp3) is 0. The molecule has 0 saturated carbocycles. The van der Waals surface area contributed by atoms with E-state index in [1.165, 1.54) is 6.20 Å². The molecule has 0 fully saturated rings. The molecule has 5 heteroatoms. The minimum absolute atomic E-state index is 0.0311. The minimum atomic E-state index is -1.07. The number of benzene rings is 2. The monoisotopic (exact) mass is 291 g/mol. The van der Waals surface area contributed by atoms with Crippen molar-refractivity contribution in [3.63, 3.8) is 0 Å². The van der Waals surface area contributed by atoms with Crippen molar-refractivity contribution in [2.24, 2.45) is 0 Å². The number of para-hydroxylation sites is 1. The highest BCUT2D eigenvalue weighted by atomic mass is 16.4. The molecule has 0 aliphatic rings. The lowest BCUT2D eigenvalue weighted by Gasteiger charge is -2.10. The van der Waals surface area contributed by atoms with Gasteiger partial charge in [-0.15, -0.1) is 0 Å². The number of anilines is 2. The number of carboxylic acid groups (broad SMARTS) is 1. The number of nitrogens with one attached hydrogen (secondary N) is 1. The molecule has 0 aliphatic carbocycles. The first-order chi connectivity index (χ1) is 10.7. The third-order valence-corrected chi connectivity index (χ3v) is 3.09. The molecule has 2 aromatic carbocycles. The highest BCUT2D eigenvalue weighted by Crippen LogP contribution is 2.22. The van der Waals surface area contributed by atoms with Crippen LogP contribution in [0, 0.1) is 0 Å². The van der Waals surface area contributed by atoms with Gasteiger partial charge in [0.2, 0.25) is 0 Å². The van der Waals surface area contributed by atoms with Crippen molar-refractivity contribution in [2.75, 3.05) is 5.32 Å². The standard InChI is InChI=1S/C17H13N3O2/c21-17(22)14-11-18-15(12-7-3-1-4-8-12)20-16(14)19-13-9-5-2-6-10-13/h1-11H,(H,21,22)(H,18,19,20). The van der Waals surface area contributed by atoms with Gasteiger partial charge in [-0.25, -0.2) is 14.8 Å². The van der Waals surface area contributed by atoms with E-state index in [4.69, 9.17) is 0 Å². The molecule has 0 aliphatic heterocycles. The summed E-state index contributed by atoms with van der Waals surface area (Å²) in [5, 5.41) is 12.3. The summed E-state index contributed by atoms with van der Waals surface area (Å²) in [6, 6.07) is 18.7. The molecule has 1 aromatic heterocycles. The lowest BCUT2D eigenvalue weighted by molar-refractivity contribution is 0.0697. The van der Waals surface area contributed by atoms with Crippen LogP contribution in [0.15, 0.2) is 66.9 Å². The van der Waals surface area contributed by atoms with Crippen molar-refractivity contribution in [3.05, 3.63) is 72.4 Å². The molecular weight excluding hydrogens is 278 g/mol. The van der Waals surface area contributed by atoms with Gasteiger partial charge in [-0.1, -0.05) is 48.5 Å². The zero-order valence-corrected chi connectivity index (χ0v) is 11.6.